The quantitative estimate of drug-likeness (QED) is 0.191. The lowest BCUT2D eigenvalue weighted by Crippen LogP contribution is -1.95. The van der Waals surface area contributed by atoms with E-state index in [1.165, 1.54) is 54.9 Å². The highest BCUT2D eigenvalue weighted by molar-refractivity contribution is 6.22. The Bertz CT molecular complexity index is 2180. The zero-order valence-corrected chi connectivity index (χ0v) is 24.2. The summed E-state index contributed by atoms with van der Waals surface area (Å²) in [5.74, 6) is 0. The Morgan fingerprint density at radius 2 is 0.750 bits per heavy atom. The van der Waals surface area contributed by atoms with Gasteiger partial charge in [0.25, 0.3) is 0 Å². The molecular formula is C43H29N. The van der Waals surface area contributed by atoms with Gasteiger partial charge in [0.05, 0.1) is 5.69 Å². The van der Waals surface area contributed by atoms with Crippen molar-refractivity contribution in [2.75, 3.05) is 0 Å². The third kappa shape index (κ3) is 4.47. The van der Waals surface area contributed by atoms with Crippen molar-refractivity contribution < 1.29 is 0 Å². The van der Waals surface area contributed by atoms with Crippen molar-refractivity contribution >= 4 is 21.5 Å². The maximum absolute atomic E-state index is 4.99. The smallest absolute Gasteiger partial charge is 0.0786 e. The summed E-state index contributed by atoms with van der Waals surface area (Å²) in [4.78, 5) is 4.99. The van der Waals surface area contributed by atoms with Crippen LogP contribution in [0.3, 0.4) is 0 Å². The average molecular weight is 560 g/mol. The molecule has 0 spiro atoms. The second kappa shape index (κ2) is 11.1. The van der Waals surface area contributed by atoms with E-state index in [1.807, 2.05) is 6.20 Å². The zero-order chi connectivity index (χ0) is 29.3. The Balaban J connectivity index is 1.51. The molecule has 0 unspecified atom stereocenters. The van der Waals surface area contributed by atoms with Crippen molar-refractivity contribution in [1.82, 2.24) is 4.98 Å². The second-order valence-corrected chi connectivity index (χ2v) is 11.1. The topological polar surface area (TPSA) is 12.9 Å². The van der Waals surface area contributed by atoms with Crippen molar-refractivity contribution in [2.24, 2.45) is 0 Å². The summed E-state index contributed by atoms with van der Waals surface area (Å²) in [5.41, 5.74) is 11.7. The molecule has 0 aliphatic rings. The SMILES string of the molecule is c1ccc(-c2ccnc(-c3ccccc3)c2-c2ccc3c(-c4ccccc4)c4ccccc4c(-c4ccccc4)c3c2)cc1. The fourth-order valence-electron chi connectivity index (χ4n) is 6.59. The third-order valence-electron chi connectivity index (χ3n) is 8.52. The third-order valence-corrected chi connectivity index (χ3v) is 8.52. The molecule has 1 aromatic heterocycles. The highest BCUT2D eigenvalue weighted by atomic mass is 14.7. The van der Waals surface area contributed by atoms with Gasteiger partial charge in [0.15, 0.2) is 0 Å². The van der Waals surface area contributed by atoms with Crippen LogP contribution >= 0.6 is 0 Å². The molecule has 1 nitrogen and oxygen atoms in total. The Morgan fingerprint density at radius 3 is 1.32 bits per heavy atom. The Labute approximate surface area is 257 Å². The molecule has 0 radical (unpaired) electrons. The van der Waals surface area contributed by atoms with Crippen molar-refractivity contribution in [3.8, 4) is 55.8 Å². The monoisotopic (exact) mass is 559 g/mol. The summed E-state index contributed by atoms with van der Waals surface area (Å²) < 4.78 is 0. The lowest BCUT2D eigenvalue weighted by atomic mass is 9.84. The summed E-state index contributed by atoms with van der Waals surface area (Å²) in [7, 11) is 0. The lowest BCUT2D eigenvalue weighted by molar-refractivity contribution is 1.32. The number of benzene rings is 7. The van der Waals surface area contributed by atoms with Gasteiger partial charge >= 0.3 is 0 Å². The van der Waals surface area contributed by atoms with Crippen LogP contribution in [0.15, 0.2) is 176 Å². The van der Waals surface area contributed by atoms with Gasteiger partial charge in [0.2, 0.25) is 0 Å². The number of nitrogens with zero attached hydrogens (tertiary/aromatic N) is 1. The number of rotatable bonds is 5. The van der Waals surface area contributed by atoms with Gasteiger partial charge in [-0.15, -0.1) is 0 Å². The summed E-state index contributed by atoms with van der Waals surface area (Å²) in [6.07, 6.45) is 1.94. The second-order valence-electron chi connectivity index (χ2n) is 11.1. The molecule has 0 saturated carbocycles. The summed E-state index contributed by atoms with van der Waals surface area (Å²) in [6.45, 7) is 0. The number of hydrogen-bond acceptors (Lipinski definition) is 1. The maximum Gasteiger partial charge on any atom is 0.0786 e. The number of aromatic nitrogens is 1. The van der Waals surface area contributed by atoms with E-state index in [0.717, 1.165) is 22.4 Å². The van der Waals surface area contributed by atoms with Gasteiger partial charge in [-0.05, 0) is 72.6 Å². The molecule has 0 aliphatic carbocycles. The van der Waals surface area contributed by atoms with Crippen molar-refractivity contribution in [3.63, 3.8) is 0 Å². The molecule has 206 valence electrons. The van der Waals surface area contributed by atoms with Crippen molar-refractivity contribution in [2.45, 2.75) is 0 Å². The Hall–Kier alpha value is -5.79. The van der Waals surface area contributed by atoms with E-state index in [-0.39, 0.29) is 0 Å². The molecule has 0 fully saturated rings. The summed E-state index contributed by atoms with van der Waals surface area (Å²) >= 11 is 0. The molecule has 44 heavy (non-hydrogen) atoms. The number of hydrogen-bond donors (Lipinski definition) is 0. The molecule has 0 atom stereocenters. The molecule has 0 N–H and O–H groups in total. The van der Waals surface area contributed by atoms with Crippen molar-refractivity contribution in [1.29, 1.82) is 0 Å². The van der Waals surface area contributed by atoms with E-state index in [0.29, 0.717) is 0 Å². The van der Waals surface area contributed by atoms with Gasteiger partial charge in [0.1, 0.15) is 0 Å². The molecule has 1 heterocycles. The molecule has 8 aromatic rings. The normalized spacial score (nSPS) is 11.2. The van der Waals surface area contributed by atoms with E-state index in [2.05, 4.69) is 170 Å². The van der Waals surface area contributed by atoms with Gasteiger partial charge in [-0.2, -0.15) is 0 Å². The maximum atomic E-state index is 4.99. The number of fused-ring (bicyclic) bond motifs is 2. The van der Waals surface area contributed by atoms with Crippen LogP contribution in [0.4, 0.5) is 0 Å². The standard InChI is InChI=1S/C43H29N/c1-5-15-30(16-6-1)35-27-28-44-43(33-21-11-4-12-22-33)42(35)34-25-26-38-39(29-34)41(32-19-9-3-10-20-32)37-24-14-13-23-36(37)40(38)31-17-7-2-8-18-31/h1-29H. The first kappa shape index (κ1) is 25.9. The van der Waals surface area contributed by atoms with E-state index in [4.69, 9.17) is 4.98 Å². The van der Waals surface area contributed by atoms with E-state index >= 15 is 0 Å². The van der Waals surface area contributed by atoms with E-state index < -0.39 is 0 Å². The highest BCUT2D eigenvalue weighted by Gasteiger charge is 2.20. The summed E-state index contributed by atoms with van der Waals surface area (Å²) in [6, 6.07) is 60.8. The minimum absolute atomic E-state index is 0.983. The predicted octanol–water partition coefficient (Wildman–Crippen LogP) is 11.7. The minimum Gasteiger partial charge on any atom is -0.256 e. The minimum atomic E-state index is 0.983. The van der Waals surface area contributed by atoms with Crippen LogP contribution in [0, 0.1) is 0 Å². The first-order valence-electron chi connectivity index (χ1n) is 15.1. The molecule has 1 heteroatoms. The fourth-order valence-corrected chi connectivity index (χ4v) is 6.59. The van der Waals surface area contributed by atoms with Crippen LogP contribution in [-0.2, 0) is 0 Å². The number of pyridine rings is 1. The average Bonchev–Trinajstić information content (AvgIpc) is 3.11. The van der Waals surface area contributed by atoms with Crippen LogP contribution in [0.25, 0.3) is 77.3 Å². The first-order valence-corrected chi connectivity index (χ1v) is 15.1. The van der Waals surface area contributed by atoms with Crippen LogP contribution in [0.1, 0.15) is 0 Å². The van der Waals surface area contributed by atoms with Crippen LogP contribution in [0.5, 0.6) is 0 Å². The molecule has 8 rings (SSSR count). The first-order chi connectivity index (χ1) is 21.9. The van der Waals surface area contributed by atoms with Gasteiger partial charge < -0.3 is 0 Å². The zero-order valence-electron chi connectivity index (χ0n) is 24.2. The van der Waals surface area contributed by atoms with E-state index in [1.54, 1.807) is 0 Å². The molecule has 0 bridgehead atoms. The van der Waals surface area contributed by atoms with Gasteiger partial charge in [-0.3, -0.25) is 4.98 Å². The van der Waals surface area contributed by atoms with Gasteiger partial charge in [-0.1, -0.05) is 158 Å². The molecule has 0 amide bonds. The molecule has 7 aromatic carbocycles. The van der Waals surface area contributed by atoms with Crippen molar-refractivity contribution in [3.05, 3.63) is 176 Å². The highest BCUT2D eigenvalue weighted by Crippen LogP contribution is 2.46. The van der Waals surface area contributed by atoms with Crippen LogP contribution in [-0.4, -0.2) is 4.98 Å². The Kier molecular flexibility index (Phi) is 6.55. The predicted molar refractivity (Wildman–Crippen MR) is 186 cm³/mol. The lowest BCUT2D eigenvalue weighted by Gasteiger charge is -2.20. The molecular weight excluding hydrogens is 530 g/mol. The largest absolute Gasteiger partial charge is 0.256 e. The van der Waals surface area contributed by atoms with Crippen LogP contribution in [0.2, 0.25) is 0 Å². The molecule has 0 aliphatic heterocycles. The van der Waals surface area contributed by atoms with Crippen LogP contribution < -0.4 is 0 Å². The summed E-state index contributed by atoms with van der Waals surface area (Å²) in [5, 5.41) is 4.98. The fraction of sp³-hybridized carbons (Fsp3) is 0. The van der Waals surface area contributed by atoms with Gasteiger partial charge in [0, 0.05) is 17.3 Å². The Morgan fingerprint density at radius 1 is 0.295 bits per heavy atom. The van der Waals surface area contributed by atoms with Gasteiger partial charge in [-0.25, -0.2) is 0 Å². The molecule has 0 saturated heterocycles. The van der Waals surface area contributed by atoms with E-state index in [9.17, 15) is 0 Å².